The van der Waals surface area contributed by atoms with Crippen LogP contribution in [-0.4, -0.2) is 138 Å². The van der Waals surface area contributed by atoms with Gasteiger partial charge in [0.2, 0.25) is 6.29 Å². The van der Waals surface area contributed by atoms with Crippen LogP contribution in [0.15, 0.2) is 6.07 Å². The number of benzene rings is 1. The number of phenolic OH excluding ortho intramolecular Hbond substituents is 1. The number of hydrogen-bond donors (Lipinski definition) is 10. The summed E-state index contributed by atoms with van der Waals surface area (Å²) >= 11 is 0. The average molecular weight is 659 g/mol. The van der Waals surface area contributed by atoms with Gasteiger partial charge in [0.05, 0.1) is 19.3 Å². The van der Waals surface area contributed by atoms with E-state index in [0.717, 1.165) is 5.56 Å². The number of aliphatic hydroxyl groups is 9. The molecular weight excluding hydrogens is 608 g/mol. The Morgan fingerprint density at radius 2 is 1.39 bits per heavy atom. The van der Waals surface area contributed by atoms with Crippen LogP contribution in [0.2, 0.25) is 0 Å². The first kappa shape index (κ1) is 35.6. The molecule has 2 heterocycles. The number of aromatic hydroxyl groups is 1. The fourth-order valence-electron chi connectivity index (χ4n) is 8.33. The Bertz CT molecular complexity index is 1220. The molecule has 0 aromatic heterocycles. The van der Waals surface area contributed by atoms with Crippen molar-refractivity contribution in [3.63, 3.8) is 0 Å². The van der Waals surface area contributed by atoms with E-state index in [1.807, 2.05) is 26.8 Å². The maximum absolute atomic E-state index is 12.0. The molecule has 3 fully saturated rings. The van der Waals surface area contributed by atoms with Gasteiger partial charge in [-0.15, -0.1) is 0 Å². The monoisotopic (exact) mass is 658 g/mol. The standard InChI is InChI=1S/C32H50O14/c1-13(10-33)15-9-14-5-6-18-31(2,3)19(45-29-26(41)24(39)21(36)16(11-34)43-29)7-8-32(18,4)20(14)23(38)28(15)46-30-27(42)25(40)22(37)17(12-35)44-30/h9,13,16-19,21-22,24-27,29-30,33-42H,5-8,10-12H2,1-4H3/t13-,16-,17-,18+,19+,21-,22-,24+,25+,26-,27-,29+,30+,32+/m1/s1. The lowest BCUT2D eigenvalue weighted by Gasteiger charge is -2.58. The van der Waals surface area contributed by atoms with Gasteiger partial charge in [-0.3, -0.25) is 0 Å². The molecule has 14 nitrogen and oxygen atoms in total. The van der Waals surface area contributed by atoms with Gasteiger partial charge >= 0.3 is 0 Å². The number of phenols is 1. The number of fused-ring (bicyclic) bond motifs is 3. The minimum absolute atomic E-state index is 0.0380. The largest absolute Gasteiger partial charge is 0.504 e. The van der Waals surface area contributed by atoms with E-state index in [4.69, 9.17) is 18.9 Å². The Balaban J connectivity index is 1.48. The third-order valence-electron chi connectivity index (χ3n) is 11.1. The van der Waals surface area contributed by atoms with Crippen LogP contribution in [0.4, 0.5) is 0 Å². The van der Waals surface area contributed by atoms with E-state index < -0.39 is 97.5 Å². The molecule has 0 spiro atoms. The van der Waals surface area contributed by atoms with Gasteiger partial charge in [0, 0.05) is 29.1 Å². The lowest BCUT2D eigenvalue weighted by molar-refractivity contribution is -0.325. The molecule has 4 aliphatic rings. The quantitative estimate of drug-likeness (QED) is 0.153. The molecule has 5 rings (SSSR count). The third kappa shape index (κ3) is 5.84. The zero-order valence-corrected chi connectivity index (χ0v) is 26.6. The average Bonchev–Trinajstić information content (AvgIpc) is 3.02. The van der Waals surface area contributed by atoms with Crippen molar-refractivity contribution in [3.8, 4) is 11.5 Å². The van der Waals surface area contributed by atoms with Crippen LogP contribution in [-0.2, 0) is 26.0 Å². The summed E-state index contributed by atoms with van der Waals surface area (Å²) in [7, 11) is 0. The summed E-state index contributed by atoms with van der Waals surface area (Å²) in [5, 5.41) is 104. The highest BCUT2D eigenvalue weighted by Gasteiger charge is 2.57. The molecule has 14 atom stereocenters. The van der Waals surface area contributed by atoms with Gasteiger partial charge in [-0.2, -0.15) is 0 Å². The number of aliphatic hydroxyl groups excluding tert-OH is 9. The Labute approximate surface area is 267 Å². The van der Waals surface area contributed by atoms with Gasteiger partial charge in [0.1, 0.15) is 48.8 Å². The number of ether oxygens (including phenoxy) is 4. The summed E-state index contributed by atoms with van der Waals surface area (Å²) in [5.41, 5.74) is 0.793. The SMILES string of the molecule is C[C@H](CO)c1cc2c(c(O)c1O[C@@H]1O[C@H](CO)[C@@H](O)[C@H](O)[C@H]1O)[C@@]1(C)CC[C@H](O[C@@H]3O[C@H](CO)[C@@H](O)[C@H](O)[C@H]3O)C(C)(C)[C@@H]1CC2. The van der Waals surface area contributed by atoms with Crippen molar-refractivity contribution in [2.45, 2.75) is 132 Å². The van der Waals surface area contributed by atoms with Crippen molar-refractivity contribution in [2.24, 2.45) is 11.3 Å². The molecule has 1 aromatic rings. The van der Waals surface area contributed by atoms with Crippen LogP contribution < -0.4 is 4.74 Å². The van der Waals surface area contributed by atoms with Crippen molar-refractivity contribution in [1.29, 1.82) is 0 Å². The predicted molar refractivity (Wildman–Crippen MR) is 159 cm³/mol. The second-order valence-electron chi connectivity index (χ2n) is 14.3. The van der Waals surface area contributed by atoms with Crippen molar-refractivity contribution in [2.75, 3.05) is 19.8 Å². The van der Waals surface area contributed by atoms with Gasteiger partial charge in [-0.05, 0) is 42.6 Å². The summed E-state index contributed by atoms with van der Waals surface area (Å²) in [4.78, 5) is 0. The summed E-state index contributed by atoms with van der Waals surface area (Å²) in [5.74, 6) is -0.797. The fourth-order valence-corrected chi connectivity index (χ4v) is 8.33. The lowest BCUT2D eigenvalue weighted by Crippen LogP contribution is -2.62. The van der Waals surface area contributed by atoms with E-state index in [-0.39, 0.29) is 24.0 Å². The second kappa shape index (κ2) is 13.3. The van der Waals surface area contributed by atoms with E-state index in [2.05, 4.69) is 0 Å². The van der Waals surface area contributed by atoms with Gasteiger partial charge in [-0.25, -0.2) is 0 Å². The van der Waals surface area contributed by atoms with E-state index in [1.165, 1.54) is 0 Å². The van der Waals surface area contributed by atoms with Gasteiger partial charge in [0.25, 0.3) is 0 Å². The first-order chi connectivity index (χ1) is 21.6. The highest BCUT2D eigenvalue weighted by Crippen LogP contribution is 2.61. The van der Waals surface area contributed by atoms with Gasteiger partial charge < -0.3 is 70.0 Å². The maximum Gasteiger partial charge on any atom is 0.229 e. The normalized spacial score (nSPS) is 43.0. The Hall–Kier alpha value is -1.66. The molecule has 2 aliphatic carbocycles. The number of rotatable bonds is 8. The van der Waals surface area contributed by atoms with Gasteiger partial charge in [0.15, 0.2) is 17.8 Å². The first-order valence-electron chi connectivity index (χ1n) is 16.0. The van der Waals surface area contributed by atoms with Crippen molar-refractivity contribution in [1.82, 2.24) is 0 Å². The van der Waals surface area contributed by atoms with E-state index >= 15 is 0 Å². The molecule has 0 radical (unpaired) electrons. The van der Waals surface area contributed by atoms with Crippen LogP contribution in [0.3, 0.4) is 0 Å². The van der Waals surface area contributed by atoms with Crippen LogP contribution in [0, 0.1) is 11.3 Å². The first-order valence-corrected chi connectivity index (χ1v) is 16.0. The van der Waals surface area contributed by atoms with Crippen LogP contribution in [0.5, 0.6) is 11.5 Å². The molecule has 2 aliphatic heterocycles. The number of aryl methyl sites for hydroxylation is 1. The molecule has 0 bridgehead atoms. The lowest BCUT2D eigenvalue weighted by atomic mass is 9.49. The second-order valence-corrected chi connectivity index (χ2v) is 14.3. The highest BCUT2D eigenvalue weighted by molar-refractivity contribution is 5.60. The zero-order valence-electron chi connectivity index (χ0n) is 26.6. The molecule has 1 saturated carbocycles. The molecule has 10 N–H and O–H groups in total. The van der Waals surface area contributed by atoms with Crippen LogP contribution >= 0.6 is 0 Å². The molecule has 1 aromatic carbocycles. The van der Waals surface area contributed by atoms with E-state index in [9.17, 15) is 51.1 Å². The number of hydrogen-bond acceptors (Lipinski definition) is 14. The van der Waals surface area contributed by atoms with Crippen LogP contribution in [0.1, 0.15) is 69.6 Å². The third-order valence-corrected chi connectivity index (χ3v) is 11.1. The van der Waals surface area contributed by atoms with E-state index in [0.29, 0.717) is 36.8 Å². The highest BCUT2D eigenvalue weighted by atomic mass is 16.7. The van der Waals surface area contributed by atoms with Gasteiger partial charge in [-0.1, -0.05) is 33.8 Å². The molecule has 262 valence electrons. The molecule has 14 heteroatoms. The summed E-state index contributed by atoms with van der Waals surface area (Å²) in [6.45, 7) is 6.36. The smallest absolute Gasteiger partial charge is 0.229 e. The summed E-state index contributed by atoms with van der Waals surface area (Å²) < 4.78 is 23.6. The molecule has 0 amide bonds. The molecule has 2 saturated heterocycles. The maximum atomic E-state index is 12.0. The van der Waals surface area contributed by atoms with Crippen LogP contribution in [0.25, 0.3) is 0 Å². The minimum atomic E-state index is -1.71. The topological polar surface area (TPSA) is 239 Å². The molecule has 0 unspecified atom stereocenters. The fraction of sp³-hybridized carbons (Fsp3) is 0.812. The van der Waals surface area contributed by atoms with Crippen molar-refractivity contribution in [3.05, 3.63) is 22.8 Å². The Morgan fingerprint density at radius 1 is 0.826 bits per heavy atom. The van der Waals surface area contributed by atoms with E-state index in [1.54, 1.807) is 6.92 Å². The molecular formula is C32H50O14. The molecule has 46 heavy (non-hydrogen) atoms. The Kier molecular flexibility index (Phi) is 10.3. The zero-order chi connectivity index (χ0) is 33.9. The summed E-state index contributed by atoms with van der Waals surface area (Å²) in [6.07, 6.45) is -12.9. The van der Waals surface area contributed by atoms with Crippen molar-refractivity contribution >= 4 is 0 Å². The Morgan fingerprint density at radius 3 is 1.96 bits per heavy atom. The van der Waals surface area contributed by atoms with Crippen molar-refractivity contribution < 1.29 is 70.0 Å². The minimum Gasteiger partial charge on any atom is -0.504 e. The summed E-state index contributed by atoms with van der Waals surface area (Å²) in [6, 6.07) is 1.88. The predicted octanol–water partition coefficient (Wildman–Crippen LogP) is -1.51.